The second-order valence-electron chi connectivity index (χ2n) is 7.58. The van der Waals surface area contributed by atoms with Gasteiger partial charge in [-0.3, -0.25) is 14.9 Å². The maximum absolute atomic E-state index is 14.4. The van der Waals surface area contributed by atoms with Gasteiger partial charge in [0.05, 0.1) is 12.3 Å². The van der Waals surface area contributed by atoms with Crippen LogP contribution < -0.4 is 19.7 Å². The van der Waals surface area contributed by atoms with Crippen molar-refractivity contribution in [3.8, 4) is 11.5 Å². The number of carbonyl (C=O) groups is 2. The Kier molecular flexibility index (Phi) is 7.76. The van der Waals surface area contributed by atoms with Crippen molar-refractivity contribution in [2.75, 3.05) is 11.5 Å². The number of amides is 2. The summed E-state index contributed by atoms with van der Waals surface area (Å²) in [5.41, 5.74) is 0.897. The van der Waals surface area contributed by atoms with Crippen LogP contribution in [0, 0.1) is 11.6 Å². The molecule has 1 N–H and O–H groups in total. The number of halogens is 3. The van der Waals surface area contributed by atoms with Crippen molar-refractivity contribution in [2.24, 2.45) is 0 Å². The van der Waals surface area contributed by atoms with Gasteiger partial charge in [-0.25, -0.2) is 13.7 Å². The van der Waals surface area contributed by atoms with Gasteiger partial charge in [-0.2, -0.15) is 0 Å². The first-order chi connectivity index (χ1) is 17.3. The molecule has 3 aromatic rings. The Morgan fingerprint density at radius 3 is 2.42 bits per heavy atom. The lowest BCUT2D eigenvalue weighted by Gasteiger charge is -2.29. The number of thiocarbonyl (C=S) groups is 1. The fraction of sp³-hybridized carbons (Fsp3) is 0.115. The summed E-state index contributed by atoms with van der Waals surface area (Å²) < 4.78 is 39.7. The monoisotopic (exact) mass is 572 g/mol. The molecule has 0 saturated carbocycles. The van der Waals surface area contributed by atoms with Crippen LogP contribution in [0.1, 0.15) is 18.1 Å². The summed E-state index contributed by atoms with van der Waals surface area (Å²) in [5.74, 6) is -1.70. The molecule has 0 unspecified atom stereocenters. The molecule has 36 heavy (non-hydrogen) atoms. The van der Waals surface area contributed by atoms with Crippen LogP contribution in [0.2, 0.25) is 0 Å². The van der Waals surface area contributed by atoms with E-state index in [1.54, 1.807) is 37.3 Å². The summed E-state index contributed by atoms with van der Waals surface area (Å²) in [6.45, 7) is 2.30. The van der Waals surface area contributed by atoms with Crippen LogP contribution in [0.3, 0.4) is 0 Å². The van der Waals surface area contributed by atoms with Crippen molar-refractivity contribution < 1.29 is 27.8 Å². The predicted octanol–water partition coefficient (Wildman–Crippen LogP) is 5.54. The molecular formula is C26H19BrF2N2O4S. The Hall–Kier alpha value is -3.63. The highest BCUT2D eigenvalue weighted by atomic mass is 79.9. The van der Waals surface area contributed by atoms with Crippen LogP contribution in [0.4, 0.5) is 14.5 Å². The van der Waals surface area contributed by atoms with Crippen molar-refractivity contribution in [3.63, 3.8) is 0 Å². The van der Waals surface area contributed by atoms with Gasteiger partial charge in [0.15, 0.2) is 16.6 Å². The lowest BCUT2D eigenvalue weighted by Crippen LogP contribution is -2.54. The van der Waals surface area contributed by atoms with Crippen molar-refractivity contribution in [2.45, 2.75) is 13.5 Å². The normalized spacial score (nSPS) is 14.7. The number of rotatable bonds is 7. The third-order valence-electron chi connectivity index (χ3n) is 5.17. The summed E-state index contributed by atoms with van der Waals surface area (Å²) in [7, 11) is 0. The molecule has 1 aliphatic rings. The third kappa shape index (κ3) is 5.44. The van der Waals surface area contributed by atoms with E-state index in [9.17, 15) is 18.4 Å². The minimum absolute atomic E-state index is 0.0722. The van der Waals surface area contributed by atoms with E-state index in [-0.39, 0.29) is 28.8 Å². The summed E-state index contributed by atoms with van der Waals surface area (Å²) >= 11 is 8.57. The van der Waals surface area contributed by atoms with E-state index in [0.717, 1.165) is 10.5 Å². The molecule has 0 aromatic heterocycles. The Bertz CT molecular complexity index is 1380. The first-order valence-corrected chi connectivity index (χ1v) is 12.0. The Morgan fingerprint density at radius 1 is 1.03 bits per heavy atom. The van der Waals surface area contributed by atoms with Crippen molar-refractivity contribution in [1.29, 1.82) is 0 Å². The van der Waals surface area contributed by atoms with Crippen LogP contribution in [-0.4, -0.2) is 23.5 Å². The number of anilines is 1. The maximum atomic E-state index is 14.4. The topological polar surface area (TPSA) is 67.9 Å². The number of nitrogens with one attached hydrogen (secondary N) is 1. The number of hydrogen-bond donors (Lipinski definition) is 1. The van der Waals surface area contributed by atoms with E-state index in [2.05, 4.69) is 21.2 Å². The van der Waals surface area contributed by atoms with Crippen LogP contribution >= 0.6 is 28.1 Å². The fourth-order valence-corrected chi connectivity index (χ4v) is 4.16. The van der Waals surface area contributed by atoms with Gasteiger partial charge in [-0.1, -0.05) is 40.2 Å². The highest BCUT2D eigenvalue weighted by molar-refractivity contribution is 9.10. The minimum atomic E-state index is -0.768. The number of benzene rings is 3. The van der Waals surface area contributed by atoms with Gasteiger partial charge in [-0.05, 0) is 72.7 Å². The smallest absolute Gasteiger partial charge is 0.270 e. The molecule has 2 amide bonds. The average molecular weight is 573 g/mol. The first kappa shape index (κ1) is 25.5. The molecule has 0 bridgehead atoms. The van der Waals surface area contributed by atoms with Crippen molar-refractivity contribution in [1.82, 2.24) is 5.32 Å². The zero-order valence-corrected chi connectivity index (χ0v) is 21.3. The van der Waals surface area contributed by atoms with Gasteiger partial charge in [0.2, 0.25) is 0 Å². The van der Waals surface area contributed by atoms with E-state index in [1.807, 2.05) is 0 Å². The summed E-state index contributed by atoms with van der Waals surface area (Å²) in [5, 5.41) is 2.22. The van der Waals surface area contributed by atoms with Crippen LogP contribution in [0.25, 0.3) is 6.08 Å². The minimum Gasteiger partial charge on any atom is -0.490 e. The molecule has 0 atom stereocenters. The number of ether oxygens (including phenoxy) is 2. The molecule has 6 nitrogen and oxygen atoms in total. The second-order valence-corrected chi connectivity index (χ2v) is 8.82. The summed E-state index contributed by atoms with van der Waals surface area (Å²) in [6, 6.07) is 14.8. The molecule has 10 heteroatoms. The molecule has 1 saturated heterocycles. The molecule has 184 valence electrons. The van der Waals surface area contributed by atoms with E-state index >= 15 is 0 Å². The van der Waals surface area contributed by atoms with Gasteiger partial charge in [0.1, 0.15) is 23.8 Å². The second kappa shape index (κ2) is 11.0. The number of nitrogens with zero attached hydrogens (tertiary/aromatic N) is 1. The maximum Gasteiger partial charge on any atom is 0.270 e. The third-order valence-corrected chi connectivity index (χ3v) is 6.14. The molecular weight excluding hydrogens is 554 g/mol. The average Bonchev–Trinajstić information content (AvgIpc) is 2.84. The summed E-state index contributed by atoms with van der Waals surface area (Å²) in [6.07, 6.45) is 1.36. The van der Waals surface area contributed by atoms with Gasteiger partial charge < -0.3 is 9.47 Å². The highest BCUT2D eigenvalue weighted by Crippen LogP contribution is 2.36. The van der Waals surface area contributed by atoms with Crippen LogP contribution in [0.5, 0.6) is 11.5 Å². The lowest BCUT2D eigenvalue weighted by atomic mass is 10.1. The van der Waals surface area contributed by atoms with Gasteiger partial charge in [-0.15, -0.1) is 0 Å². The number of carbonyl (C=O) groups excluding carboxylic acids is 2. The molecule has 1 fully saturated rings. The zero-order valence-electron chi connectivity index (χ0n) is 18.9. The Balaban J connectivity index is 1.67. The van der Waals surface area contributed by atoms with Crippen LogP contribution in [0.15, 0.2) is 70.7 Å². The van der Waals surface area contributed by atoms with Crippen LogP contribution in [-0.2, 0) is 16.2 Å². The molecule has 4 rings (SSSR count). The standard InChI is InChI=1S/C26H19BrF2N2O4S/c1-2-34-22-12-16(19(27)13-23(22)35-14-15-7-9-17(28)10-8-15)11-18-24(32)30-26(36)31(25(18)33)21-6-4-3-5-20(21)29/h3-13H,2,14H2,1H3,(H,30,32,36)/b18-11+. The number of hydrogen-bond acceptors (Lipinski definition) is 5. The van der Waals surface area contributed by atoms with Gasteiger partial charge >= 0.3 is 0 Å². The fourth-order valence-electron chi connectivity index (χ4n) is 3.45. The number of para-hydroxylation sites is 1. The SMILES string of the molecule is CCOc1cc(/C=C2\C(=O)NC(=S)N(c3ccccc3F)C2=O)c(Br)cc1OCc1ccc(F)cc1. The van der Waals surface area contributed by atoms with Crippen molar-refractivity contribution in [3.05, 3.63) is 93.5 Å². The van der Waals surface area contributed by atoms with E-state index in [1.165, 1.54) is 36.4 Å². The lowest BCUT2D eigenvalue weighted by molar-refractivity contribution is -0.122. The molecule has 1 aliphatic heterocycles. The molecule has 3 aromatic carbocycles. The highest BCUT2D eigenvalue weighted by Gasteiger charge is 2.35. The Morgan fingerprint density at radius 2 is 1.72 bits per heavy atom. The molecule has 0 spiro atoms. The molecule has 1 heterocycles. The van der Waals surface area contributed by atoms with Gasteiger partial charge in [0, 0.05) is 4.47 Å². The zero-order chi connectivity index (χ0) is 25.8. The predicted molar refractivity (Wildman–Crippen MR) is 139 cm³/mol. The quantitative estimate of drug-likeness (QED) is 0.229. The first-order valence-electron chi connectivity index (χ1n) is 10.8. The Labute approximate surface area is 219 Å². The van der Waals surface area contributed by atoms with E-state index < -0.39 is 17.6 Å². The largest absolute Gasteiger partial charge is 0.490 e. The molecule has 0 aliphatic carbocycles. The van der Waals surface area contributed by atoms with E-state index in [0.29, 0.717) is 28.1 Å². The van der Waals surface area contributed by atoms with Crippen molar-refractivity contribution >= 4 is 56.8 Å². The van der Waals surface area contributed by atoms with Gasteiger partial charge in [0.25, 0.3) is 11.8 Å². The molecule has 0 radical (unpaired) electrons. The van der Waals surface area contributed by atoms with E-state index in [4.69, 9.17) is 21.7 Å². The summed E-state index contributed by atoms with van der Waals surface area (Å²) in [4.78, 5) is 26.8.